The summed E-state index contributed by atoms with van der Waals surface area (Å²) in [6.45, 7) is 1.55. The fraction of sp³-hybridized carbons (Fsp3) is 0.111. The van der Waals surface area contributed by atoms with Gasteiger partial charge in [0.15, 0.2) is 23.0 Å². The molecule has 0 aromatic heterocycles. The van der Waals surface area contributed by atoms with Gasteiger partial charge in [-0.05, 0) is 103 Å². The van der Waals surface area contributed by atoms with E-state index in [4.69, 9.17) is 9.47 Å². The molecule has 324 valence electrons. The maximum Gasteiger partial charge on any atom is 0.339 e. The number of aromatic carboxylic acids is 1. The molecule has 0 radical (unpaired) electrons. The highest BCUT2D eigenvalue weighted by Gasteiger charge is 2.25. The number of anilines is 4. The number of carboxylic acid groups (broad SMARTS) is 1. The van der Waals surface area contributed by atoms with E-state index in [9.17, 15) is 59.0 Å². The smallest absolute Gasteiger partial charge is 0.339 e. The molecule has 1 atom stereocenters. The number of nitrogens with zero attached hydrogens (tertiary/aromatic N) is 2. The van der Waals surface area contributed by atoms with Crippen LogP contribution < -0.4 is 36.1 Å². The number of carbonyl (C=O) groups is 6. The minimum absolute atomic E-state index is 0.0340. The molecule has 1 unspecified atom stereocenters. The van der Waals surface area contributed by atoms with Crippen molar-refractivity contribution in [2.24, 2.45) is 0 Å². The molecule has 0 aliphatic rings. The predicted molar refractivity (Wildman–Crippen MR) is 228 cm³/mol. The Kier molecular flexibility index (Phi) is 14.6. The van der Waals surface area contributed by atoms with Gasteiger partial charge in [-0.3, -0.25) is 24.0 Å². The van der Waals surface area contributed by atoms with E-state index in [-0.39, 0.29) is 56.5 Å². The van der Waals surface area contributed by atoms with E-state index in [1.165, 1.54) is 98.1 Å². The monoisotopic (exact) mass is 869 g/mol. The molecule has 0 fully saturated rings. The molecule has 0 saturated carbocycles. The van der Waals surface area contributed by atoms with Gasteiger partial charge in [0, 0.05) is 22.5 Å². The van der Waals surface area contributed by atoms with Crippen LogP contribution in [-0.4, -0.2) is 71.1 Å². The summed E-state index contributed by atoms with van der Waals surface area (Å²) in [5, 5.41) is 62.1. The molecule has 18 nitrogen and oxygen atoms in total. The van der Waals surface area contributed by atoms with Crippen molar-refractivity contribution in [3.63, 3.8) is 0 Å². The number of carbonyl (C=O) groups excluding carboxylic acids is 5. The van der Waals surface area contributed by atoms with Gasteiger partial charge < -0.3 is 51.4 Å². The maximum atomic E-state index is 13.3. The van der Waals surface area contributed by atoms with Crippen molar-refractivity contribution in [1.29, 1.82) is 10.5 Å². The SMILES string of the molecule is COc1c(NC(=O)c2ccc(NC(=O)c3ccc(NC(=O)C(CC#N)NC(=O)c4ccc(NC(=O)C(C#N)=C(C)c5ccc(F)cc5)cc4)cc3)c(OC)c2O)ccc(C(=O)O)c1O. The molecule has 0 spiro atoms. The molecule has 0 heterocycles. The van der Waals surface area contributed by atoms with E-state index < -0.39 is 70.8 Å². The van der Waals surface area contributed by atoms with Crippen molar-refractivity contribution < 1.29 is 58.0 Å². The average Bonchev–Trinajstić information content (AvgIpc) is 3.27. The summed E-state index contributed by atoms with van der Waals surface area (Å²) < 4.78 is 23.7. The lowest BCUT2D eigenvalue weighted by atomic mass is 10.0. The minimum atomic E-state index is -1.43. The van der Waals surface area contributed by atoms with Crippen LogP contribution in [0.1, 0.15) is 60.3 Å². The number of hydrogen-bond acceptors (Lipinski definition) is 12. The standard InChI is InChI=1S/C45H36FN7O11/c1-23(24-4-10-27(46)11-5-24)32(22-48)43(59)49-28-12-6-26(7-13-28)41(57)53-35(20-21-47)44(60)50-29-14-8-25(9-15-29)40(56)51-33-18-16-30(36(54)38(33)63-2)42(58)52-34-19-17-31(45(61)62)37(55)39(34)64-3/h4-19,35,54-55H,20H2,1-3H3,(H,49,59)(H,50,60)(H,51,56)(H,52,58)(H,53,57)(H,61,62). The van der Waals surface area contributed by atoms with Crippen molar-refractivity contribution in [3.8, 4) is 35.1 Å². The lowest BCUT2D eigenvalue weighted by Crippen LogP contribution is -2.43. The van der Waals surface area contributed by atoms with E-state index in [0.717, 1.165) is 13.2 Å². The maximum absolute atomic E-state index is 13.3. The number of carboxylic acids is 1. The number of rotatable bonds is 15. The van der Waals surface area contributed by atoms with Crippen LogP contribution in [0.2, 0.25) is 0 Å². The summed E-state index contributed by atoms with van der Waals surface area (Å²) in [6.07, 6.45) is -0.407. The van der Waals surface area contributed by atoms with Crippen molar-refractivity contribution in [1.82, 2.24) is 5.32 Å². The van der Waals surface area contributed by atoms with Crippen LogP contribution in [0, 0.1) is 28.5 Å². The zero-order chi connectivity index (χ0) is 46.7. The number of aromatic hydroxyl groups is 2. The zero-order valence-electron chi connectivity index (χ0n) is 33.9. The summed E-state index contributed by atoms with van der Waals surface area (Å²) in [7, 11) is 2.33. The average molecular weight is 870 g/mol. The Morgan fingerprint density at radius 2 is 1.12 bits per heavy atom. The fourth-order valence-electron chi connectivity index (χ4n) is 6.02. The highest BCUT2D eigenvalue weighted by molar-refractivity contribution is 6.12. The Morgan fingerprint density at radius 1 is 0.641 bits per heavy atom. The lowest BCUT2D eigenvalue weighted by molar-refractivity contribution is -0.118. The molecular formula is C45H36FN7O11. The summed E-state index contributed by atoms with van der Waals surface area (Å²) in [5.41, 5.74) is 0.280. The Hall–Kier alpha value is -9.23. The number of benzene rings is 5. The van der Waals surface area contributed by atoms with Gasteiger partial charge in [0.1, 0.15) is 29.1 Å². The molecule has 5 aromatic rings. The van der Waals surface area contributed by atoms with E-state index in [0.29, 0.717) is 11.1 Å². The number of nitriles is 2. The van der Waals surface area contributed by atoms with E-state index in [1.54, 1.807) is 6.92 Å². The topological polar surface area (TPSA) is 289 Å². The molecule has 5 rings (SSSR count). The number of hydrogen-bond donors (Lipinski definition) is 8. The van der Waals surface area contributed by atoms with Crippen LogP contribution >= 0.6 is 0 Å². The Morgan fingerprint density at radius 3 is 1.64 bits per heavy atom. The number of ether oxygens (including phenoxy) is 2. The number of phenols is 2. The van der Waals surface area contributed by atoms with E-state index in [2.05, 4.69) is 26.6 Å². The number of allylic oxidation sites excluding steroid dienone is 1. The van der Waals surface area contributed by atoms with Crippen molar-refractivity contribution >= 4 is 63.8 Å². The molecule has 64 heavy (non-hydrogen) atoms. The summed E-state index contributed by atoms with van der Waals surface area (Å²) in [6, 6.07) is 23.4. The van der Waals surface area contributed by atoms with E-state index in [1.807, 2.05) is 12.1 Å². The van der Waals surface area contributed by atoms with Gasteiger partial charge in [0.25, 0.3) is 23.6 Å². The summed E-state index contributed by atoms with van der Waals surface area (Å²) >= 11 is 0. The number of amides is 5. The van der Waals surface area contributed by atoms with Gasteiger partial charge in [0.05, 0.1) is 43.6 Å². The number of phenolic OH excluding ortho intramolecular Hbond substituents is 1. The van der Waals surface area contributed by atoms with E-state index >= 15 is 0 Å². The molecule has 0 saturated heterocycles. The van der Waals surface area contributed by atoms with Crippen LogP contribution in [0.15, 0.2) is 103 Å². The van der Waals surface area contributed by atoms with Crippen molar-refractivity contribution in [2.45, 2.75) is 19.4 Å². The van der Waals surface area contributed by atoms with Crippen LogP contribution in [0.4, 0.5) is 27.1 Å². The molecule has 5 aromatic carbocycles. The van der Waals surface area contributed by atoms with Crippen LogP contribution in [-0.2, 0) is 9.59 Å². The normalized spacial score (nSPS) is 11.3. The van der Waals surface area contributed by atoms with Crippen LogP contribution in [0.5, 0.6) is 23.0 Å². The third kappa shape index (κ3) is 10.6. The number of methoxy groups -OCH3 is 2. The Balaban J connectivity index is 1.19. The molecule has 19 heteroatoms. The second-order valence-corrected chi connectivity index (χ2v) is 13.4. The molecule has 0 bridgehead atoms. The molecule has 8 N–H and O–H groups in total. The van der Waals surface area contributed by atoms with Gasteiger partial charge in [-0.1, -0.05) is 12.1 Å². The van der Waals surface area contributed by atoms with Gasteiger partial charge in [-0.15, -0.1) is 0 Å². The third-order valence-electron chi connectivity index (χ3n) is 9.37. The molecule has 0 aliphatic carbocycles. The zero-order valence-corrected chi connectivity index (χ0v) is 33.9. The van der Waals surface area contributed by atoms with Gasteiger partial charge >= 0.3 is 5.97 Å². The predicted octanol–water partition coefficient (Wildman–Crippen LogP) is 6.04. The molecule has 5 amide bonds. The second-order valence-electron chi connectivity index (χ2n) is 13.4. The summed E-state index contributed by atoms with van der Waals surface area (Å²) in [5.74, 6) is -7.71. The molecular weight excluding hydrogens is 834 g/mol. The third-order valence-corrected chi connectivity index (χ3v) is 9.37. The van der Waals surface area contributed by atoms with Gasteiger partial charge in [-0.2, -0.15) is 10.5 Å². The largest absolute Gasteiger partial charge is 0.504 e. The highest BCUT2D eigenvalue weighted by atomic mass is 19.1. The first-order chi connectivity index (χ1) is 30.6. The first-order valence-electron chi connectivity index (χ1n) is 18.6. The summed E-state index contributed by atoms with van der Waals surface area (Å²) in [4.78, 5) is 76.8. The van der Waals surface area contributed by atoms with Crippen molar-refractivity contribution in [3.05, 3.63) is 136 Å². The van der Waals surface area contributed by atoms with Crippen molar-refractivity contribution in [2.75, 3.05) is 35.5 Å². The minimum Gasteiger partial charge on any atom is -0.504 e. The van der Waals surface area contributed by atoms with Crippen LogP contribution in [0.25, 0.3) is 5.57 Å². The van der Waals surface area contributed by atoms with Gasteiger partial charge in [0.2, 0.25) is 5.91 Å². The number of halogens is 1. The quantitative estimate of drug-likeness (QED) is 0.0440. The second kappa shape index (κ2) is 20.4. The highest BCUT2D eigenvalue weighted by Crippen LogP contribution is 2.40. The lowest BCUT2D eigenvalue weighted by Gasteiger charge is -2.17. The van der Waals surface area contributed by atoms with Crippen LogP contribution in [0.3, 0.4) is 0 Å². The molecule has 0 aliphatic heterocycles. The Labute approximate surface area is 363 Å². The number of nitrogens with one attached hydrogen (secondary N) is 5. The Bertz CT molecular complexity index is 2780. The van der Waals surface area contributed by atoms with Gasteiger partial charge in [-0.25, -0.2) is 9.18 Å². The first kappa shape index (κ1) is 45.8. The fourth-order valence-corrected chi connectivity index (χ4v) is 6.02. The first-order valence-corrected chi connectivity index (χ1v) is 18.6.